The average Bonchev–Trinajstić information content (AvgIpc) is 2.13. The van der Waals surface area contributed by atoms with Crippen LogP contribution in [0, 0.1) is 5.41 Å². The van der Waals surface area contributed by atoms with E-state index in [9.17, 15) is 18.0 Å². The lowest BCUT2D eigenvalue weighted by Gasteiger charge is -2.21. The van der Waals surface area contributed by atoms with Crippen LogP contribution in [0.2, 0.25) is 0 Å². The molecule has 7 nitrogen and oxygen atoms in total. The molecule has 0 rings (SSSR count). The lowest BCUT2D eigenvalue weighted by molar-refractivity contribution is -0.154. The van der Waals surface area contributed by atoms with Gasteiger partial charge in [0.15, 0.2) is 0 Å². The van der Waals surface area contributed by atoms with Crippen molar-refractivity contribution in [2.45, 2.75) is 20.3 Å². The molecule has 0 heterocycles. The highest BCUT2D eigenvalue weighted by atomic mass is 32.2. The maximum absolute atomic E-state index is 11.5. The Labute approximate surface area is 93.6 Å². The van der Waals surface area contributed by atoms with Crippen molar-refractivity contribution in [3.63, 3.8) is 0 Å². The first kappa shape index (κ1) is 14.8. The van der Waals surface area contributed by atoms with E-state index in [1.807, 2.05) is 0 Å². The van der Waals surface area contributed by atoms with Crippen molar-refractivity contribution < 1.29 is 27.7 Å². The highest BCUT2D eigenvalue weighted by molar-refractivity contribution is 7.85. The van der Waals surface area contributed by atoms with E-state index in [-0.39, 0.29) is 13.0 Å². The summed E-state index contributed by atoms with van der Waals surface area (Å²) in [6, 6.07) is 0. The highest BCUT2D eigenvalue weighted by Crippen LogP contribution is 2.21. The standard InChI is InChI=1S/C8H15NO6S/c1-3-8(2,7(11)12)6(10)9-4-5-16(13,14)15/h3-5H2,1-2H3,(H,9,10)(H,11,12)(H,13,14,15). The first-order valence-electron chi connectivity index (χ1n) is 4.60. The van der Waals surface area contributed by atoms with Crippen molar-refractivity contribution in [1.82, 2.24) is 5.32 Å². The number of hydrogen-bond donors (Lipinski definition) is 3. The van der Waals surface area contributed by atoms with Crippen LogP contribution in [0.3, 0.4) is 0 Å². The Balaban J connectivity index is 4.41. The quantitative estimate of drug-likeness (QED) is 0.433. The Morgan fingerprint density at radius 2 is 1.88 bits per heavy atom. The van der Waals surface area contributed by atoms with E-state index in [4.69, 9.17) is 9.66 Å². The van der Waals surface area contributed by atoms with Crippen LogP contribution in [0.25, 0.3) is 0 Å². The Kier molecular flexibility index (Phi) is 4.88. The smallest absolute Gasteiger partial charge is 0.318 e. The SMILES string of the molecule is CCC(C)(C(=O)O)C(=O)NCCS(=O)(=O)O. The van der Waals surface area contributed by atoms with Gasteiger partial charge in [-0.2, -0.15) is 8.42 Å². The number of amides is 1. The molecule has 0 radical (unpaired) electrons. The predicted molar refractivity (Wildman–Crippen MR) is 55.5 cm³/mol. The van der Waals surface area contributed by atoms with Crippen LogP contribution in [-0.2, 0) is 19.7 Å². The molecule has 0 aliphatic rings. The second-order valence-electron chi connectivity index (χ2n) is 3.53. The number of carboxylic acid groups (broad SMARTS) is 1. The third-order valence-corrected chi connectivity index (χ3v) is 3.05. The molecule has 16 heavy (non-hydrogen) atoms. The maximum Gasteiger partial charge on any atom is 0.318 e. The first-order chi connectivity index (χ1) is 7.13. The molecule has 0 saturated heterocycles. The van der Waals surface area contributed by atoms with Crippen molar-refractivity contribution in [2.24, 2.45) is 5.41 Å². The summed E-state index contributed by atoms with van der Waals surface area (Å²) in [5, 5.41) is 11.0. The van der Waals surface area contributed by atoms with Gasteiger partial charge in [0.1, 0.15) is 5.41 Å². The first-order valence-corrected chi connectivity index (χ1v) is 6.21. The number of carbonyl (C=O) groups excluding carboxylic acids is 1. The molecule has 3 N–H and O–H groups in total. The van der Waals surface area contributed by atoms with Crippen molar-refractivity contribution in [2.75, 3.05) is 12.3 Å². The van der Waals surface area contributed by atoms with E-state index in [1.54, 1.807) is 0 Å². The highest BCUT2D eigenvalue weighted by Gasteiger charge is 2.39. The summed E-state index contributed by atoms with van der Waals surface area (Å²) in [6.07, 6.45) is 0.0834. The van der Waals surface area contributed by atoms with E-state index in [2.05, 4.69) is 5.32 Å². The van der Waals surface area contributed by atoms with Gasteiger partial charge in [0.25, 0.3) is 10.1 Å². The van der Waals surface area contributed by atoms with Gasteiger partial charge < -0.3 is 10.4 Å². The number of hydrogen-bond acceptors (Lipinski definition) is 4. The average molecular weight is 253 g/mol. The molecule has 0 aliphatic carbocycles. The summed E-state index contributed by atoms with van der Waals surface area (Å²) < 4.78 is 29.1. The Hall–Kier alpha value is -1.15. The van der Waals surface area contributed by atoms with Crippen LogP contribution in [-0.4, -0.2) is 42.3 Å². The molecule has 0 aromatic heterocycles. The van der Waals surface area contributed by atoms with E-state index in [0.717, 1.165) is 0 Å². The molecule has 1 amide bonds. The van der Waals surface area contributed by atoms with Crippen LogP contribution in [0.5, 0.6) is 0 Å². The molecular weight excluding hydrogens is 238 g/mol. The Morgan fingerprint density at radius 3 is 2.19 bits per heavy atom. The molecule has 0 aromatic carbocycles. The van der Waals surface area contributed by atoms with Crippen molar-refractivity contribution in [3.8, 4) is 0 Å². The fourth-order valence-electron chi connectivity index (χ4n) is 0.898. The minimum absolute atomic E-state index is 0.0834. The van der Waals surface area contributed by atoms with E-state index >= 15 is 0 Å². The zero-order valence-electron chi connectivity index (χ0n) is 9.06. The maximum atomic E-state index is 11.5. The fourth-order valence-corrected chi connectivity index (χ4v) is 1.26. The molecule has 0 aromatic rings. The third-order valence-electron chi connectivity index (χ3n) is 2.33. The summed E-state index contributed by atoms with van der Waals surface area (Å²) in [6.45, 7) is 2.47. The Morgan fingerprint density at radius 1 is 1.38 bits per heavy atom. The monoisotopic (exact) mass is 253 g/mol. The molecule has 94 valence electrons. The molecular formula is C8H15NO6S. The molecule has 0 spiro atoms. The minimum atomic E-state index is -4.15. The second kappa shape index (κ2) is 5.26. The summed E-state index contributed by atoms with van der Waals surface area (Å²) in [7, 11) is -4.15. The summed E-state index contributed by atoms with van der Waals surface area (Å²) in [5.41, 5.74) is -1.58. The largest absolute Gasteiger partial charge is 0.480 e. The molecule has 1 unspecified atom stereocenters. The van der Waals surface area contributed by atoms with Gasteiger partial charge in [0, 0.05) is 6.54 Å². The van der Waals surface area contributed by atoms with Crippen LogP contribution < -0.4 is 5.32 Å². The van der Waals surface area contributed by atoms with Crippen LogP contribution in [0.1, 0.15) is 20.3 Å². The zero-order chi connectivity index (χ0) is 13.0. The lowest BCUT2D eigenvalue weighted by atomic mass is 9.87. The lowest BCUT2D eigenvalue weighted by Crippen LogP contribution is -2.45. The summed E-state index contributed by atoms with van der Waals surface area (Å²) in [5.74, 6) is -2.69. The minimum Gasteiger partial charge on any atom is -0.480 e. The van der Waals surface area contributed by atoms with Gasteiger partial charge in [-0.15, -0.1) is 0 Å². The van der Waals surface area contributed by atoms with E-state index < -0.39 is 33.2 Å². The molecule has 0 aliphatic heterocycles. The van der Waals surface area contributed by atoms with Crippen LogP contribution in [0.4, 0.5) is 0 Å². The second-order valence-corrected chi connectivity index (χ2v) is 5.10. The number of rotatable bonds is 6. The summed E-state index contributed by atoms with van der Waals surface area (Å²) in [4.78, 5) is 22.3. The molecule has 0 fully saturated rings. The third kappa shape index (κ3) is 4.15. The van der Waals surface area contributed by atoms with Gasteiger partial charge in [0.05, 0.1) is 5.75 Å². The summed E-state index contributed by atoms with van der Waals surface area (Å²) >= 11 is 0. The number of carboxylic acids is 1. The number of nitrogens with one attached hydrogen (secondary N) is 1. The van der Waals surface area contributed by atoms with E-state index in [1.165, 1.54) is 13.8 Å². The van der Waals surface area contributed by atoms with Gasteiger partial charge in [0.2, 0.25) is 5.91 Å². The zero-order valence-corrected chi connectivity index (χ0v) is 9.87. The van der Waals surface area contributed by atoms with Crippen molar-refractivity contribution >= 4 is 22.0 Å². The topological polar surface area (TPSA) is 121 Å². The fraction of sp³-hybridized carbons (Fsp3) is 0.750. The molecule has 1 atom stereocenters. The van der Waals surface area contributed by atoms with Gasteiger partial charge in [-0.25, -0.2) is 0 Å². The normalized spacial score (nSPS) is 15.2. The predicted octanol–water partition coefficient (Wildman–Crippen LogP) is -0.509. The van der Waals surface area contributed by atoms with Crippen molar-refractivity contribution in [1.29, 1.82) is 0 Å². The Bertz CT molecular complexity index is 376. The van der Waals surface area contributed by atoms with Gasteiger partial charge in [-0.3, -0.25) is 14.1 Å². The number of aliphatic carboxylic acids is 1. The van der Waals surface area contributed by atoms with E-state index in [0.29, 0.717) is 0 Å². The van der Waals surface area contributed by atoms with Gasteiger partial charge in [-0.05, 0) is 13.3 Å². The van der Waals surface area contributed by atoms with Gasteiger partial charge in [-0.1, -0.05) is 6.92 Å². The van der Waals surface area contributed by atoms with Gasteiger partial charge >= 0.3 is 5.97 Å². The van der Waals surface area contributed by atoms with Crippen molar-refractivity contribution in [3.05, 3.63) is 0 Å². The molecule has 8 heteroatoms. The molecule has 0 bridgehead atoms. The number of carbonyl (C=O) groups is 2. The van der Waals surface area contributed by atoms with Crippen LogP contribution >= 0.6 is 0 Å². The molecule has 0 saturated carbocycles. The van der Waals surface area contributed by atoms with Crippen LogP contribution in [0.15, 0.2) is 0 Å².